The highest BCUT2D eigenvalue weighted by molar-refractivity contribution is 6.38. The van der Waals surface area contributed by atoms with E-state index in [1.165, 1.54) is 11.0 Å². The highest BCUT2D eigenvalue weighted by atomic mass is 35.5. The summed E-state index contributed by atoms with van der Waals surface area (Å²) in [5, 5.41) is 10.0. The molecule has 3 N–H and O–H groups in total. The van der Waals surface area contributed by atoms with Gasteiger partial charge in [0.05, 0.1) is 23.9 Å². The van der Waals surface area contributed by atoms with Gasteiger partial charge in [-0.2, -0.15) is 0 Å². The molecule has 3 aromatic carbocycles. The topological polar surface area (TPSA) is 122 Å². The van der Waals surface area contributed by atoms with Crippen LogP contribution in [0.1, 0.15) is 27.2 Å². The van der Waals surface area contributed by atoms with Crippen LogP contribution in [0.25, 0.3) is 17.0 Å². The number of hydrogen-bond donors (Lipinski definition) is 3. The Kier molecular flexibility index (Phi) is 20.8. The molecule has 0 atom stereocenters. The lowest BCUT2D eigenvalue weighted by atomic mass is 10.1. The molecule has 1 heterocycles. The summed E-state index contributed by atoms with van der Waals surface area (Å²) in [4.78, 5) is 43.1. The smallest absolute Gasteiger partial charge is 0.251 e. The summed E-state index contributed by atoms with van der Waals surface area (Å²) in [6, 6.07) is 17.7. The number of amides is 3. The van der Waals surface area contributed by atoms with E-state index >= 15 is 0 Å². The molecular weight excluding hydrogens is 771 g/mol. The molecule has 3 amide bonds. The summed E-state index contributed by atoms with van der Waals surface area (Å²) in [5.41, 5.74) is 4.56. The number of anilines is 2. The zero-order valence-corrected chi connectivity index (χ0v) is 32.4. The Labute approximate surface area is 326 Å². The lowest BCUT2D eigenvalue weighted by Crippen LogP contribution is -2.37. The first-order chi connectivity index (χ1) is 22.1. The number of nitrogens with zero attached hydrogens (tertiary/aromatic N) is 2. The lowest BCUT2D eigenvalue weighted by Gasteiger charge is -2.21. The predicted octanol–water partition coefficient (Wildman–Crippen LogP) is 7.33. The second-order valence-electron chi connectivity index (χ2n) is 10.2. The Morgan fingerprint density at radius 2 is 1.68 bits per heavy atom. The highest BCUT2D eigenvalue weighted by Crippen LogP contribution is 2.36. The molecule has 16 heteroatoms. The molecule has 0 unspecified atom stereocenters. The number of benzene rings is 3. The molecule has 1 aromatic heterocycles. The Balaban J connectivity index is 0.00000600. The minimum Gasteiger partial charge on any atom is -0.487 e. The van der Waals surface area contributed by atoms with Crippen LogP contribution in [0.3, 0.4) is 0 Å². The zero-order chi connectivity index (χ0) is 33.2. The van der Waals surface area contributed by atoms with Crippen LogP contribution in [0.5, 0.6) is 5.75 Å². The molecule has 4 aromatic rings. The number of halogens is 6. The average Bonchev–Trinajstić information content (AvgIpc) is 3.06. The molecule has 0 aliphatic rings. The SMILES string of the molecule is CNC(=O)c1ccc(/C=C/C(=O)NCC(=O)N(C)c2ccc(Cl)c(COc3cccc4c(NCCOC)cc(C)nc34)c2Cl)cc1.Cl.Cl.Cl.Cl. The number of rotatable bonds is 13. The van der Waals surface area contributed by atoms with Crippen LogP contribution < -0.4 is 25.6 Å². The van der Waals surface area contributed by atoms with Crippen molar-refractivity contribution in [2.75, 3.05) is 51.1 Å². The normalized spacial score (nSPS) is 10.1. The van der Waals surface area contributed by atoms with E-state index < -0.39 is 11.8 Å². The van der Waals surface area contributed by atoms with Crippen LogP contribution in [-0.4, -0.2) is 63.6 Å². The summed E-state index contributed by atoms with van der Waals surface area (Å²) in [5.74, 6) is -0.495. The fraction of sp³-hybridized carbons (Fsp3) is 0.235. The molecule has 0 bridgehead atoms. The van der Waals surface area contributed by atoms with Crippen molar-refractivity contribution in [1.29, 1.82) is 0 Å². The molecule has 0 aliphatic heterocycles. The van der Waals surface area contributed by atoms with Gasteiger partial charge in [0.15, 0.2) is 0 Å². The largest absolute Gasteiger partial charge is 0.487 e. The van der Waals surface area contributed by atoms with E-state index in [4.69, 9.17) is 37.7 Å². The summed E-state index contributed by atoms with van der Waals surface area (Å²) in [6.45, 7) is 2.88. The molecule has 0 radical (unpaired) electrons. The van der Waals surface area contributed by atoms with E-state index in [2.05, 4.69) is 16.0 Å². The number of aryl methyl sites for hydroxylation is 1. The molecule has 0 fully saturated rings. The molecule has 0 aliphatic carbocycles. The third-order valence-corrected chi connectivity index (χ3v) is 7.84. The quantitative estimate of drug-likeness (QED) is 0.0956. The van der Waals surface area contributed by atoms with Gasteiger partial charge in [0.25, 0.3) is 5.91 Å². The first-order valence-electron chi connectivity index (χ1n) is 14.4. The maximum Gasteiger partial charge on any atom is 0.251 e. The number of pyridine rings is 1. The molecule has 0 spiro atoms. The van der Waals surface area contributed by atoms with E-state index in [1.807, 2.05) is 31.2 Å². The molecule has 10 nitrogen and oxygen atoms in total. The van der Waals surface area contributed by atoms with Gasteiger partial charge in [0.2, 0.25) is 11.8 Å². The van der Waals surface area contributed by atoms with Gasteiger partial charge < -0.3 is 30.3 Å². The van der Waals surface area contributed by atoms with Gasteiger partial charge in [-0.1, -0.05) is 47.5 Å². The minimum absolute atomic E-state index is 0. The standard InChI is InChI=1S/C34H35Cl2N5O5.4ClH/c1-21-18-27(38-16-17-45-4)24-6-5-7-29(33(24)40-21)46-20-25-26(35)13-14-28(32(25)36)41(3)31(43)19-39-30(42)15-10-22-8-11-23(12-9-22)34(44)37-2;;;;/h5-15,18H,16-17,19-20H2,1-4H3,(H,37,44)(H,38,40)(H,39,42);4*1H/b15-10+;;;;. The number of carbonyl (C=O) groups excluding carboxylic acids is 3. The number of methoxy groups -OCH3 is 1. The van der Waals surface area contributed by atoms with Crippen molar-refractivity contribution in [3.8, 4) is 5.75 Å². The van der Waals surface area contributed by atoms with Crippen LogP contribution in [0.15, 0.2) is 66.7 Å². The fourth-order valence-corrected chi connectivity index (χ4v) is 5.17. The van der Waals surface area contributed by atoms with Gasteiger partial charge in [0, 0.05) is 66.7 Å². The third kappa shape index (κ3) is 12.1. The number of fused-ring (bicyclic) bond motifs is 1. The van der Waals surface area contributed by atoms with Gasteiger partial charge in [-0.3, -0.25) is 14.4 Å². The van der Waals surface area contributed by atoms with Crippen LogP contribution in [0.4, 0.5) is 11.4 Å². The van der Waals surface area contributed by atoms with E-state index in [0.29, 0.717) is 46.3 Å². The van der Waals surface area contributed by atoms with E-state index in [-0.39, 0.29) is 73.7 Å². The van der Waals surface area contributed by atoms with Gasteiger partial charge in [-0.15, -0.1) is 49.6 Å². The molecule has 4 rings (SSSR count). The third-order valence-electron chi connectivity index (χ3n) is 7.07. The molecule has 0 saturated carbocycles. The Bertz CT molecular complexity index is 1780. The summed E-state index contributed by atoms with van der Waals surface area (Å²) >= 11 is 13.3. The van der Waals surface area contributed by atoms with E-state index in [1.54, 1.807) is 63.7 Å². The van der Waals surface area contributed by atoms with Crippen LogP contribution in [0.2, 0.25) is 10.0 Å². The number of para-hydroxylation sites is 1. The Morgan fingerprint density at radius 1 is 0.980 bits per heavy atom. The summed E-state index contributed by atoms with van der Waals surface area (Å²) < 4.78 is 11.4. The molecule has 272 valence electrons. The van der Waals surface area contributed by atoms with Gasteiger partial charge in [-0.05, 0) is 55.0 Å². The van der Waals surface area contributed by atoms with E-state index in [0.717, 1.165) is 22.3 Å². The number of aromatic nitrogens is 1. The fourth-order valence-electron chi connectivity index (χ4n) is 4.56. The Morgan fingerprint density at radius 3 is 2.34 bits per heavy atom. The number of hydrogen-bond acceptors (Lipinski definition) is 7. The van der Waals surface area contributed by atoms with Gasteiger partial charge in [-0.25, -0.2) is 4.98 Å². The monoisotopic (exact) mass is 807 g/mol. The number of ether oxygens (including phenoxy) is 2. The van der Waals surface area contributed by atoms with Crippen molar-refractivity contribution < 1.29 is 23.9 Å². The first kappa shape index (κ1) is 46.5. The molecule has 0 saturated heterocycles. The summed E-state index contributed by atoms with van der Waals surface area (Å²) in [6.07, 6.45) is 2.90. The van der Waals surface area contributed by atoms with Gasteiger partial charge in [0.1, 0.15) is 17.9 Å². The van der Waals surface area contributed by atoms with Crippen molar-refractivity contribution in [3.05, 3.63) is 99.2 Å². The van der Waals surface area contributed by atoms with Crippen molar-refractivity contribution in [3.63, 3.8) is 0 Å². The maximum atomic E-state index is 13.0. The van der Waals surface area contributed by atoms with Gasteiger partial charge >= 0.3 is 0 Å². The van der Waals surface area contributed by atoms with Crippen molar-refractivity contribution >= 4 is 119 Å². The van der Waals surface area contributed by atoms with E-state index in [9.17, 15) is 14.4 Å². The first-order valence-corrected chi connectivity index (χ1v) is 15.2. The predicted molar refractivity (Wildman–Crippen MR) is 212 cm³/mol. The number of likely N-dealkylation sites (N-methyl/N-ethyl adjacent to an activating group) is 1. The average molecular weight is 810 g/mol. The van der Waals surface area contributed by atoms with Crippen molar-refractivity contribution in [1.82, 2.24) is 15.6 Å². The Hall–Kier alpha value is -3.48. The van der Waals surface area contributed by atoms with Crippen molar-refractivity contribution in [2.45, 2.75) is 13.5 Å². The van der Waals surface area contributed by atoms with Crippen LogP contribution >= 0.6 is 72.8 Å². The van der Waals surface area contributed by atoms with Crippen LogP contribution in [-0.2, 0) is 20.9 Å². The number of nitrogens with one attached hydrogen (secondary N) is 3. The van der Waals surface area contributed by atoms with Crippen LogP contribution in [0, 0.1) is 6.92 Å². The lowest BCUT2D eigenvalue weighted by molar-refractivity contribution is -0.122. The van der Waals surface area contributed by atoms with Crippen molar-refractivity contribution in [2.24, 2.45) is 0 Å². The highest BCUT2D eigenvalue weighted by Gasteiger charge is 2.19. The zero-order valence-electron chi connectivity index (χ0n) is 27.6. The second-order valence-corrected chi connectivity index (χ2v) is 11.0. The summed E-state index contributed by atoms with van der Waals surface area (Å²) in [7, 11) is 4.77. The minimum atomic E-state index is -0.454. The molecular formula is C34H39Cl6N5O5. The maximum absolute atomic E-state index is 13.0. The molecule has 50 heavy (non-hydrogen) atoms. The second kappa shape index (κ2) is 22.4. The number of carbonyl (C=O) groups is 3.